The van der Waals surface area contributed by atoms with E-state index in [0.717, 1.165) is 38.5 Å². The van der Waals surface area contributed by atoms with Crippen molar-refractivity contribution in [2.75, 3.05) is 0 Å². The van der Waals surface area contributed by atoms with E-state index in [0.29, 0.717) is 0 Å². The van der Waals surface area contributed by atoms with Gasteiger partial charge >= 0.3 is 6.09 Å². The highest BCUT2D eigenvalue weighted by Gasteiger charge is 2.21. The molecule has 1 fully saturated rings. The minimum absolute atomic E-state index is 0.0846. The Bertz CT molecular complexity index is 195. The largest absolute Gasteiger partial charge is 0.465 e. The van der Waals surface area contributed by atoms with Gasteiger partial charge in [-0.2, -0.15) is 0 Å². The van der Waals surface area contributed by atoms with E-state index in [1.807, 2.05) is 5.32 Å². The number of amides is 2. The normalized spacial score (nSPS) is 19.1. The average Bonchev–Trinajstić information content (AvgIpc) is 2.29. The van der Waals surface area contributed by atoms with Crippen LogP contribution in [0.1, 0.15) is 38.5 Å². The van der Waals surface area contributed by atoms with E-state index in [1.165, 1.54) is 0 Å². The van der Waals surface area contributed by atoms with Crippen molar-refractivity contribution in [2.45, 2.75) is 38.5 Å². The van der Waals surface area contributed by atoms with E-state index >= 15 is 0 Å². The lowest BCUT2D eigenvalue weighted by Gasteiger charge is -2.10. The summed E-state index contributed by atoms with van der Waals surface area (Å²) < 4.78 is 0. The van der Waals surface area contributed by atoms with Gasteiger partial charge in [0.2, 0.25) is 5.91 Å². The first-order chi connectivity index (χ1) is 6.20. The molecule has 0 spiro atoms. The molecule has 0 heterocycles. The Labute approximate surface area is 77.3 Å². The predicted octanol–water partition coefficient (Wildman–Crippen LogP) is 1.75. The first kappa shape index (κ1) is 10.0. The van der Waals surface area contributed by atoms with Gasteiger partial charge in [-0.15, -0.1) is 0 Å². The molecule has 0 unspecified atom stereocenters. The highest BCUT2D eigenvalue weighted by molar-refractivity contribution is 5.92. The number of hydrogen-bond donors (Lipinski definition) is 2. The van der Waals surface area contributed by atoms with E-state index < -0.39 is 6.09 Å². The smallest absolute Gasteiger partial charge is 0.411 e. The number of carbonyl (C=O) groups is 2. The second kappa shape index (κ2) is 4.84. The van der Waals surface area contributed by atoms with Crippen LogP contribution in [0.15, 0.2) is 0 Å². The standard InChI is InChI=1S/C9H15NO3/c11-8(10-9(12)13)7-5-3-1-2-4-6-7/h7H,1-6H2,(H,10,11)(H,12,13). The number of carboxylic acid groups (broad SMARTS) is 1. The monoisotopic (exact) mass is 185 g/mol. The average molecular weight is 185 g/mol. The van der Waals surface area contributed by atoms with Gasteiger partial charge in [-0.1, -0.05) is 25.7 Å². The van der Waals surface area contributed by atoms with Crippen molar-refractivity contribution in [3.63, 3.8) is 0 Å². The van der Waals surface area contributed by atoms with Crippen LogP contribution in [0.25, 0.3) is 0 Å². The molecule has 0 aromatic rings. The lowest BCUT2D eigenvalue weighted by Crippen LogP contribution is -2.34. The van der Waals surface area contributed by atoms with Gasteiger partial charge in [-0.25, -0.2) is 4.79 Å². The molecule has 2 amide bonds. The SMILES string of the molecule is O=C(O)NC(=O)C1CCCCCC1. The molecule has 1 rings (SSSR count). The summed E-state index contributed by atoms with van der Waals surface area (Å²) in [7, 11) is 0. The van der Waals surface area contributed by atoms with Crippen LogP contribution in [-0.2, 0) is 4.79 Å². The van der Waals surface area contributed by atoms with Crippen LogP contribution in [-0.4, -0.2) is 17.1 Å². The fourth-order valence-electron chi connectivity index (χ4n) is 1.75. The zero-order valence-electron chi connectivity index (χ0n) is 7.58. The summed E-state index contributed by atoms with van der Waals surface area (Å²) >= 11 is 0. The zero-order chi connectivity index (χ0) is 9.68. The van der Waals surface area contributed by atoms with Gasteiger partial charge in [-0.3, -0.25) is 10.1 Å². The Balaban J connectivity index is 2.39. The summed E-state index contributed by atoms with van der Waals surface area (Å²) in [4.78, 5) is 21.5. The van der Waals surface area contributed by atoms with Gasteiger partial charge in [0.25, 0.3) is 0 Å². The number of carbonyl (C=O) groups excluding carboxylic acids is 1. The summed E-state index contributed by atoms with van der Waals surface area (Å²) in [6.45, 7) is 0. The quantitative estimate of drug-likeness (QED) is 0.611. The molecule has 0 radical (unpaired) electrons. The fraction of sp³-hybridized carbons (Fsp3) is 0.778. The molecule has 1 aliphatic rings. The Kier molecular flexibility index (Phi) is 3.73. The second-order valence-electron chi connectivity index (χ2n) is 3.48. The third-order valence-electron chi connectivity index (χ3n) is 2.46. The van der Waals surface area contributed by atoms with Gasteiger partial charge in [0.1, 0.15) is 0 Å². The van der Waals surface area contributed by atoms with Crippen molar-refractivity contribution in [3.05, 3.63) is 0 Å². The molecule has 74 valence electrons. The molecular formula is C9H15NO3. The van der Waals surface area contributed by atoms with E-state index in [4.69, 9.17) is 5.11 Å². The van der Waals surface area contributed by atoms with Crippen LogP contribution in [0.2, 0.25) is 0 Å². The summed E-state index contributed by atoms with van der Waals surface area (Å²) in [6.07, 6.45) is 4.83. The maximum absolute atomic E-state index is 11.3. The number of imide groups is 1. The van der Waals surface area contributed by atoms with Crippen LogP contribution in [0, 0.1) is 5.92 Å². The molecule has 1 saturated carbocycles. The molecule has 0 saturated heterocycles. The lowest BCUT2D eigenvalue weighted by molar-refractivity contribution is -0.124. The summed E-state index contributed by atoms with van der Waals surface area (Å²) in [5.74, 6) is -0.409. The van der Waals surface area contributed by atoms with Crippen molar-refractivity contribution in [1.29, 1.82) is 0 Å². The van der Waals surface area contributed by atoms with Crippen LogP contribution in [0.5, 0.6) is 0 Å². The van der Waals surface area contributed by atoms with E-state index in [1.54, 1.807) is 0 Å². The predicted molar refractivity (Wildman–Crippen MR) is 47.4 cm³/mol. The van der Waals surface area contributed by atoms with Crippen molar-refractivity contribution >= 4 is 12.0 Å². The van der Waals surface area contributed by atoms with Crippen molar-refractivity contribution in [1.82, 2.24) is 5.32 Å². The highest BCUT2D eigenvalue weighted by atomic mass is 16.4. The third kappa shape index (κ3) is 3.44. The molecule has 4 nitrogen and oxygen atoms in total. The lowest BCUT2D eigenvalue weighted by atomic mass is 10.00. The third-order valence-corrected chi connectivity index (χ3v) is 2.46. The van der Waals surface area contributed by atoms with Crippen molar-refractivity contribution < 1.29 is 14.7 Å². The van der Waals surface area contributed by atoms with Gasteiger partial charge < -0.3 is 5.11 Å². The van der Waals surface area contributed by atoms with Crippen molar-refractivity contribution in [3.8, 4) is 0 Å². The molecule has 13 heavy (non-hydrogen) atoms. The molecule has 0 bridgehead atoms. The summed E-state index contributed by atoms with van der Waals surface area (Å²) in [5, 5.41) is 10.3. The molecule has 0 aromatic carbocycles. The molecule has 4 heteroatoms. The minimum atomic E-state index is -1.24. The van der Waals surface area contributed by atoms with Gasteiger partial charge in [0, 0.05) is 5.92 Å². The first-order valence-electron chi connectivity index (χ1n) is 4.74. The number of nitrogens with one attached hydrogen (secondary N) is 1. The van der Waals surface area contributed by atoms with Gasteiger partial charge in [-0.05, 0) is 12.8 Å². The van der Waals surface area contributed by atoms with E-state index in [2.05, 4.69) is 0 Å². The maximum atomic E-state index is 11.3. The van der Waals surface area contributed by atoms with E-state index in [9.17, 15) is 9.59 Å². The first-order valence-corrected chi connectivity index (χ1v) is 4.74. The highest BCUT2D eigenvalue weighted by Crippen LogP contribution is 2.22. The molecule has 0 aromatic heterocycles. The Hall–Kier alpha value is -1.06. The molecule has 0 atom stereocenters. The van der Waals surface area contributed by atoms with Crippen molar-refractivity contribution in [2.24, 2.45) is 5.92 Å². The van der Waals surface area contributed by atoms with Crippen LogP contribution < -0.4 is 5.32 Å². The van der Waals surface area contributed by atoms with Gasteiger partial charge in [0.15, 0.2) is 0 Å². The number of rotatable bonds is 1. The van der Waals surface area contributed by atoms with Crippen LogP contribution >= 0.6 is 0 Å². The van der Waals surface area contributed by atoms with E-state index in [-0.39, 0.29) is 11.8 Å². The number of hydrogen-bond acceptors (Lipinski definition) is 2. The topological polar surface area (TPSA) is 66.4 Å². The molecule has 2 N–H and O–H groups in total. The van der Waals surface area contributed by atoms with Crippen LogP contribution in [0.4, 0.5) is 4.79 Å². The second-order valence-corrected chi connectivity index (χ2v) is 3.48. The molecule has 0 aliphatic heterocycles. The minimum Gasteiger partial charge on any atom is -0.465 e. The van der Waals surface area contributed by atoms with Crippen LogP contribution in [0.3, 0.4) is 0 Å². The Morgan fingerprint density at radius 1 is 1.08 bits per heavy atom. The zero-order valence-corrected chi connectivity index (χ0v) is 7.58. The maximum Gasteiger partial charge on any atom is 0.411 e. The van der Waals surface area contributed by atoms with Gasteiger partial charge in [0.05, 0.1) is 0 Å². The Morgan fingerprint density at radius 3 is 2.08 bits per heavy atom. The summed E-state index contributed by atoms with van der Waals surface area (Å²) in [5.41, 5.74) is 0. The summed E-state index contributed by atoms with van der Waals surface area (Å²) in [6, 6.07) is 0. The Morgan fingerprint density at radius 2 is 1.62 bits per heavy atom. The molecule has 1 aliphatic carbocycles. The molecular weight excluding hydrogens is 170 g/mol. The fourth-order valence-corrected chi connectivity index (χ4v) is 1.75.